The Labute approximate surface area is 229 Å². The fraction of sp³-hybridized carbons (Fsp3) is 0.296. The summed E-state index contributed by atoms with van der Waals surface area (Å²) >= 11 is 0. The summed E-state index contributed by atoms with van der Waals surface area (Å²) in [5, 5.41) is 37.2. The van der Waals surface area contributed by atoms with E-state index in [2.05, 4.69) is 15.3 Å². The lowest BCUT2D eigenvalue weighted by Gasteiger charge is -2.18. The van der Waals surface area contributed by atoms with Gasteiger partial charge in [-0.3, -0.25) is 9.59 Å². The fourth-order valence-corrected chi connectivity index (χ4v) is 3.54. The number of aliphatic hydroxyl groups is 1. The maximum absolute atomic E-state index is 11.9. The van der Waals surface area contributed by atoms with Crippen molar-refractivity contribution in [2.45, 2.75) is 38.0 Å². The predicted octanol–water partition coefficient (Wildman–Crippen LogP) is 2.47. The van der Waals surface area contributed by atoms with Crippen LogP contribution in [-0.4, -0.2) is 74.1 Å². The zero-order valence-electron chi connectivity index (χ0n) is 22.1. The molecule has 1 heterocycles. The number of rotatable bonds is 12. The average molecular weight is 558 g/mol. The highest BCUT2D eigenvalue weighted by atomic mass is 16.5. The molecule has 0 bridgehead atoms. The van der Waals surface area contributed by atoms with Gasteiger partial charge in [0.1, 0.15) is 17.1 Å². The third-order valence-corrected chi connectivity index (χ3v) is 5.66. The minimum atomic E-state index is -2.74. The summed E-state index contributed by atoms with van der Waals surface area (Å²) in [6.07, 6.45) is -0.450. The van der Waals surface area contributed by atoms with Crippen LogP contribution < -0.4 is 10.1 Å². The molecule has 1 atom stereocenters. The number of hydrogen-bond donors (Lipinski definition) is 6. The average Bonchev–Trinajstić information content (AvgIpc) is 3.41. The Balaban J connectivity index is 0.000000366. The molecule has 40 heavy (non-hydrogen) atoms. The minimum absolute atomic E-state index is 0.0196. The molecule has 0 unspecified atom stereocenters. The van der Waals surface area contributed by atoms with Crippen molar-refractivity contribution in [3.8, 4) is 17.0 Å². The number of esters is 1. The summed E-state index contributed by atoms with van der Waals surface area (Å²) in [7, 11) is 2.89. The number of methoxy groups -OCH3 is 2. The number of aromatic nitrogens is 2. The smallest absolute Gasteiger partial charge is 0.341 e. The topological polar surface area (TPSA) is 208 Å². The Kier molecular flexibility index (Phi) is 11.3. The normalized spacial score (nSPS) is 11.5. The highest BCUT2D eigenvalue weighted by Gasteiger charge is 2.40. The first kappa shape index (κ1) is 31.5. The summed E-state index contributed by atoms with van der Waals surface area (Å²) in [5.41, 5.74) is 0.713. The number of nitrogens with zero attached hydrogens (tertiary/aromatic N) is 1. The maximum Gasteiger partial charge on any atom is 0.341 e. The van der Waals surface area contributed by atoms with Crippen LogP contribution in [0.3, 0.4) is 0 Å². The lowest BCUT2D eigenvalue weighted by Crippen LogP contribution is -2.42. The molecule has 0 spiro atoms. The van der Waals surface area contributed by atoms with Crippen LogP contribution in [0, 0.1) is 0 Å². The van der Waals surface area contributed by atoms with Gasteiger partial charge in [-0.15, -0.1) is 0 Å². The van der Waals surface area contributed by atoms with E-state index in [0.717, 1.165) is 22.6 Å². The maximum atomic E-state index is 11.9. The van der Waals surface area contributed by atoms with Gasteiger partial charge in [0.05, 0.1) is 45.0 Å². The highest BCUT2D eigenvalue weighted by molar-refractivity contribution is 5.92. The molecule has 3 aromatic rings. The first-order valence-corrected chi connectivity index (χ1v) is 11.9. The number of aromatic amines is 1. The van der Waals surface area contributed by atoms with Crippen molar-refractivity contribution >= 4 is 23.9 Å². The number of carboxylic acids is 3. The monoisotopic (exact) mass is 557 g/mol. The molecule has 2 aromatic carbocycles. The zero-order valence-corrected chi connectivity index (χ0v) is 22.1. The molecule has 0 amide bonds. The van der Waals surface area contributed by atoms with E-state index in [0.29, 0.717) is 17.9 Å². The highest BCUT2D eigenvalue weighted by Crippen LogP contribution is 2.22. The Morgan fingerprint density at radius 2 is 1.62 bits per heavy atom. The molecule has 1 aromatic heterocycles. The van der Waals surface area contributed by atoms with Gasteiger partial charge in [0.15, 0.2) is 5.60 Å². The molecule has 0 aliphatic rings. The fourth-order valence-electron chi connectivity index (χ4n) is 3.54. The first-order chi connectivity index (χ1) is 18.9. The summed E-state index contributed by atoms with van der Waals surface area (Å²) in [5.74, 6) is -4.08. The van der Waals surface area contributed by atoms with Crippen LogP contribution >= 0.6 is 0 Å². The van der Waals surface area contributed by atoms with Crippen molar-refractivity contribution < 1.29 is 49.1 Å². The van der Waals surface area contributed by atoms with Crippen molar-refractivity contribution in [1.29, 1.82) is 0 Å². The number of H-pyrrole nitrogens is 1. The summed E-state index contributed by atoms with van der Waals surface area (Å²) < 4.78 is 10.0. The van der Waals surface area contributed by atoms with Crippen LogP contribution in [0.2, 0.25) is 0 Å². The number of carbonyl (C=O) groups is 4. The molecular weight excluding hydrogens is 526 g/mol. The summed E-state index contributed by atoms with van der Waals surface area (Å²) in [4.78, 5) is 50.2. The third-order valence-electron chi connectivity index (χ3n) is 5.66. The molecule has 0 fully saturated rings. The number of carbonyl (C=O) groups excluding carboxylic acids is 1. The van der Waals surface area contributed by atoms with E-state index < -0.39 is 42.3 Å². The largest absolute Gasteiger partial charge is 0.496 e. The van der Waals surface area contributed by atoms with Crippen molar-refractivity contribution in [2.24, 2.45) is 0 Å². The molecule has 6 N–H and O–H groups in total. The molecule has 3 rings (SSSR count). The van der Waals surface area contributed by atoms with Gasteiger partial charge in [-0.05, 0) is 30.2 Å². The van der Waals surface area contributed by atoms with Crippen molar-refractivity contribution in [3.05, 3.63) is 71.7 Å². The molecule has 13 heteroatoms. The van der Waals surface area contributed by atoms with Crippen molar-refractivity contribution in [3.63, 3.8) is 0 Å². The second-order valence-corrected chi connectivity index (χ2v) is 8.65. The Morgan fingerprint density at radius 1 is 1.00 bits per heavy atom. The standard InChI is InChI=1S/C21H23N3O3.C6H8O7/c1-14(20-23-13-18(24-20)16-7-5-4-6-8-16)22-12-15-9-10-19(26-2)17(11-15)21(25)27-3;7-3(8)1-6(13,5(11)12)2-4(9)10/h4-11,13-14,22H,12H2,1-3H3,(H,23,24);13H,1-2H2,(H,7,8)(H,9,10)(H,11,12)/t14-;/m0./s1. The van der Waals surface area contributed by atoms with Gasteiger partial charge >= 0.3 is 23.9 Å². The number of carboxylic acid groups (broad SMARTS) is 3. The molecule has 0 saturated carbocycles. The third kappa shape index (κ3) is 8.92. The number of aliphatic carboxylic acids is 3. The quantitative estimate of drug-likeness (QED) is 0.177. The van der Waals surface area contributed by atoms with Crippen LogP contribution in [0.25, 0.3) is 11.3 Å². The van der Waals surface area contributed by atoms with Gasteiger partial charge < -0.3 is 40.2 Å². The van der Waals surface area contributed by atoms with Crippen LogP contribution in [0.15, 0.2) is 54.7 Å². The van der Waals surface area contributed by atoms with E-state index >= 15 is 0 Å². The first-order valence-electron chi connectivity index (χ1n) is 11.9. The minimum Gasteiger partial charge on any atom is -0.496 e. The van der Waals surface area contributed by atoms with Gasteiger partial charge in [-0.25, -0.2) is 14.6 Å². The van der Waals surface area contributed by atoms with E-state index in [9.17, 15) is 19.2 Å². The predicted molar refractivity (Wildman–Crippen MR) is 141 cm³/mol. The Morgan fingerprint density at radius 3 is 2.15 bits per heavy atom. The van der Waals surface area contributed by atoms with Crippen LogP contribution in [0.1, 0.15) is 47.6 Å². The molecular formula is C27H31N3O10. The Hall–Kier alpha value is -4.75. The van der Waals surface area contributed by atoms with E-state index in [1.54, 1.807) is 12.1 Å². The molecule has 214 valence electrons. The van der Waals surface area contributed by atoms with Crippen LogP contribution in [0.5, 0.6) is 5.75 Å². The zero-order chi connectivity index (χ0) is 29.9. The summed E-state index contributed by atoms with van der Waals surface area (Å²) in [6, 6.07) is 15.6. The van der Waals surface area contributed by atoms with E-state index in [-0.39, 0.29) is 6.04 Å². The number of benzene rings is 2. The number of nitrogens with one attached hydrogen (secondary N) is 2. The van der Waals surface area contributed by atoms with Crippen molar-refractivity contribution in [2.75, 3.05) is 14.2 Å². The molecule has 0 aliphatic heterocycles. The van der Waals surface area contributed by atoms with Gasteiger partial charge in [-0.1, -0.05) is 36.4 Å². The molecule has 0 aliphatic carbocycles. The van der Waals surface area contributed by atoms with Crippen LogP contribution in [0.4, 0.5) is 0 Å². The molecule has 0 radical (unpaired) electrons. The SMILES string of the molecule is COC(=O)c1cc(CN[C@@H](C)c2ncc(-c3ccccc3)[nH]2)ccc1OC.O=C(O)CC(O)(CC(=O)O)C(=O)O. The molecule has 13 nitrogen and oxygen atoms in total. The second-order valence-electron chi connectivity index (χ2n) is 8.65. The van der Waals surface area contributed by atoms with Gasteiger partial charge in [0, 0.05) is 6.54 Å². The van der Waals surface area contributed by atoms with Gasteiger partial charge in [-0.2, -0.15) is 0 Å². The Bertz CT molecular complexity index is 1310. The number of hydrogen-bond acceptors (Lipinski definition) is 9. The second kappa shape index (κ2) is 14.4. The van der Waals surface area contributed by atoms with E-state index in [1.165, 1.54) is 14.2 Å². The number of imidazole rings is 1. The number of ether oxygens (including phenoxy) is 2. The van der Waals surface area contributed by atoms with Gasteiger partial charge in [0.25, 0.3) is 0 Å². The van der Waals surface area contributed by atoms with E-state index in [1.807, 2.05) is 49.5 Å². The van der Waals surface area contributed by atoms with E-state index in [4.69, 9.17) is 29.9 Å². The summed E-state index contributed by atoms with van der Waals surface area (Å²) in [6.45, 7) is 2.62. The molecule has 0 saturated heterocycles. The lowest BCUT2D eigenvalue weighted by atomic mass is 9.96. The van der Waals surface area contributed by atoms with Gasteiger partial charge in [0.2, 0.25) is 0 Å². The van der Waals surface area contributed by atoms with Crippen molar-refractivity contribution in [1.82, 2.24) is 15.3 Å². The van der Waals surface area contributed by atoms with Crippen LogP contribution in [-0.2, 0) is 25.7 Å². The lowest BCUT2D eigenvalue weighted by molar-refractivity contribution is -0.170.